The molecule has 2 aliphatic carbocycles. The minimum absolute atomic E-state index is 0.0284. The molecular weight excluding hydrogens is 338 g/mol. The summed E-state index contributed by atoms with van der Waals surface area (Å²) in [6, 6.07) is 10.8. The summed E-state index contributed by atoms with van der Waals surface area (Å²) in [7, 11) is 1.66. The third kappa shape index (κ3) is 4.60. The van der Waals surface area contributed by atoms with Crippen LogP contribution in [0.3, 0.4) is 0 Å². The van der Waals surface area contributed by atoms with Gasteiger partial charge in [0, 0.05) is 31.0 Å². The second-order valence-electron chi connectivity index (χ2n) is 7.91. The van der Waals surface area contributed by atoms with Crippen molar-refractivity contribution in [2.75, 3.05) is 13.6 Å². The SMILES string of the molecule is CN=C(NC#N)NC1CCC(CNC(=O)C2CC2C)(c2ccccc2)CC1. The van der Waals surface area contributed by atoms with E-state index in [4.69, 9.17) is 5.26 Å². The molecule has 0 radical (unpaired) electrons. The Morgan fingerprint density at radius 2 is 1.96 bits per heavy atom. The number of hydrogen-bond acceptors (Lipinski definition) is 3. The van der Waals surface area contributed by atoms with Crippen LogP contribution in [0.2, 0.25) is 0 Å². The van der Waals surface area contributed by atoms with Crippen molar-refractivity contribution in [3.63, 3.8) is 0 Å². The van der Waals surface area contributed by atoms with Crippen LogP contribution in [0, 0.1) is 23.3 Å². The van der Waals surface area contributed by atoms with E-state index in [2.05, 4.69) is 52.1 Å². The van der Waals surface area contributed by atoms with Gasteiger partial charge in [-0.15, -0.1) is 0 Å². The van der Waals surface area contributed by atoms with E-state index >= 15 is 0 Å². The number of carbonyl (C=O) groups is 1. The molecule has 0 spiro atoms. The Morgan fingerprint density at radius 3 is 2.52 bits per heavy atom. The first kappa shape index (κ1) is 19.2. The maximum atomic E-state index is 12.4. The molecule has 0 saturated heterocycles. The van der Waals surface area contributed by atoms with Crippen LogP contribution >= 0.6 is 0 Å². The van der Waals surface area contributed by atoms with E-state index in [1.807, 2.05) is 12.3 Å². The average Bonchev–Trinajstić information content (AvgIpc) is 3.44. The van der Waals surface area contributed by atoms with Crippen LogP contribution < -0.4 is 16.0 Å². The van der Waals surface area contributed by atoms with Crippen molar-refractivity contribution >= 4 is 11.9 Å². The molecule has 27 heavy (non-hydrogen) atoms. The second-order valence-corrected chi connectivity index (χ2v) is 7.91. The van der Waals surface area contributed by atoms with Gasteiger partial charge in [-0.05, 0) is 43.6 Å². The number of hydrogen-bond donors (Lipinski definition) is 3. The normalized spacial score (nSPS) is 30.1. The highest BCUT2D eigenvalue weighted by Gasteiger charge is 2.41. The van der Waals surface area contributed by atoms with Crippen molar-refractivity contribution in [1.82, 2.24) is 16.0 Å². The molecule has 1 aromatic carbocycles. The van der Waals surface area contributed by atoms with Crippen LogP contribution in [0.25, 0.3) is 0 Å². The van der Waals surface area contributed by atoms with Crippen molar-refractivity contribution in [1.29, 1.82) is 5.26 Å². The number of carbonyl (C=O) groups excluding carboxylic acids is 1. The number of nitrogens with zero attached hydrogens (tertiary/aromatic N) is 2. The lowest BCUT2D eigenvalue weighted by Gasteiger charge is -2.41. The number of rotatable bonds is 5. The van der Waals surface area contributed by atoms with Gasteiger partial charge in [0.2, 0.25) is 11.9 Å². The topological polar surface area (TPSA) is 89.3 Å². The van der Waals surface area contributed by atoms with Crippen molar-refractivity contribution in [3.05, 3.63) is 35.9 Å². The molecule has 6 nitrogen and oxygen atoms in total. The molecule has 0 aliphatic heterocycles. The molecular formula is C21H29N5O. The average molecular weight is 367 g/mol. The smallest absolute Gasteiger partial charge is 0.223 e. The zero-order valence-electron chi connectivity index (χ0n) is 16.2. The standard InChI is InChI=1S/C21H29N5O/c1-15-12-18(15)19(27)24-13-21(16-6-4-3-5-7-16)10-8-17(9-11-21)26-20(23-2)25-14-22/h3-7,15,17-18H,8-13H2,1-2H3,(H,24,27)(H2,23,25,26). The lowest BCUT2D eigenvalue weighted by atomic mass is 9.68. The molecule has 144 valence electrons. The van der Waals surface area contributed by atoms with Gasteiger partial charge in [0.1, 0.15) is 0 Å². The Morgan fingerprint density at radius 1 is 1.30 bits per heavy atom. The largest absolute Gasteiger partial charge is 0.355 e. The zero-order valence-corrected chi connectivity index (χ0v) is 16.2. The van der Waals surface area contributed by atoms with E-state index in [1.54, 1.807) is 7.05 Å². The van der Waals surface area contributed by atoms with E-state index in [1.165, 1.54) is 5.56 Å². The van der Waals surface area contributed by atoms with Gasteiger partial charge in [-0.25, -0.2) is 0 Å². The Hall–Kier alpha value is -2.55. The van der Waals surface area contributed by atoms with E-state index in [0.717, 1.165) is 32.1 Å². The first-order valence-corrected chi connectivity index (χ1v) is 9.79. The van der Waals surface area contributed by atoms with Crippen molar-refractivity contribution in [3.8, 4) is 6.19 Å². The molecule has 0 heterocycles. The molecule has 1 amide bonds. The minimum atomic E-state index is -0.0284. The molecule has 3 N–H and O–H groups in total. The summed E-state index contributed by atoms with van der Waals surface area (Å²) in [6.45, 7) is 2.83. The first-order chi connectivity index (χ1) is 13.1. The summed E-state index contributed by atoms with van der Waals surface area (Å²) in [6.07, 6.45) is 6.84. The highest BCUT2D eigenvalue weighted by atomic mass is 16.2. The first-order valence-electron chi connectivity index (χ1n) is 9.79. The molecule has 6 heteroatoms. The predicted octanol–water partition coefficient (Wildman–Crippen LogP) is 2.29. The lowest BCUT2D eigenvalue weighted by Crippen LogP contribution is -2.49. The monoisotopic (exact) mass is 367 g/mol. The van der Waals surface area contributed by atoms with E-state index in [9.17, 15) is 4.79 Å². The lowest BCUT2D eigenvalue weighted by molar-refractivity contribution is -0.122. The van der Waals surface area contributed by atoms with Crippen LogP contribution in [-0.4, -0.2) is 31.5 Å². The van der Waals surface area contributed by atoms with Gasteiger partial charge in [-0.2, -0.15) is 5.26 Å². The molecule has 3 rings (SSSR count). The maximum absolute atomic E-state index is 12.4. The predicted molar refractivity (Wildman–Crippen MR) is 106 cm³/mol. The Kier molecular flexibility index (Phi) is 6.00. The van der Waals surface area contributed by atoms with Gasteiger partial charge in [0.05, 0.1) is 0 Å². The fourth-order valence-electron chi connectivity index (χ4n) is 4.15. The van der Waals surface area contributed by atoms with E-state index < -0.39 is 0 Å². The Labute approximate surface area is 161 Å². The summed E-state index contributed by atoms with van der Waals surface area (Å²) in [5.74, 6) is 1.45. The molecule has 2 unspecified atom stereocenters. The number of nitriles is 1. The van der Waals surface area contributed by atoms with Crippen molar-refractivity contribution in [2.45, 2.75) is 50.5 Å². The Balaban J connectivity index is 1.66. The molecule has 2 atom stereocenters. The Bertz CT molecular complexity index is 716. The quantitative estimate of drug-likeness (QED) is 0.322. The summed E-state index contributed by atoms with van der Waals surface area (Å²) < 4.78 is 0. The fourth-order valence-corrected chi connectivity index (χ4v) is 4.15. The number of amides is 1. The van der Waals surface area contributed by atoms with Gasteiger partial charge >= 0.3 is 0 Å². The van der Waals surface area contributed by atoms with E-state index in [-0.39, 0.29) is 23.3 Å². The molecule has 2 aliphatic rings. The highest BCUT2D eigenvalue weighted by molar-refractivity contribution is 5.82. The van der Waals surface area contributed by atoms with Crippen molar-refractivity contribution < 1.29 is 4.79 Å². The van der Waals surface area contributed by atoms with Gasteiger partial charge in [0.15, 0.2) is 6.19 Å². The number of aliphatic imine (C=N–C) groups is 1. The third-order valence-electron chi connectivity index (χ3n) is 6.11. The molecule has 0 aromatic heterocycles. The van der Waals surface area contributed by atoms with Crippen LogP contribution in [-0.2, 0) is 10.2 Å². The van der Waals surface area contributed by atoms with Gasteiger partial charge in [0.25, 0.3) is 0 Å². The van der Waals surface area contributed by atoms with Gasteiger partial charge in [-0.1, -0.05) is 37.3 Å². The molecule has 2 fully saturated rings. The van der Waals surface area contributed by atoms with Gasteiger partial charge in [-0.3, -0.25) is 15.1 Å². The number of nitrogens with one attached hydrogen (secondary N) is 3. The number of guanidine groups is 1. The molecule has 1 aromatic rings. The van der Waals surface area contributed by atoms with Crippen LogP contribution in [0.4, 0.5) is 0 Å². The number of benzene rings is 1. The summed E-state index contributed by atoms with van der Waals surface area (Å²) >= 11 is 0. The summed E-state index contributed by atoms with van der Waals surface area (Å²) in [5, 5.41) is 17.9. The van der Waals surface area contributed by atoms with Crippen LogP contribution in [0.15, 0.2) is 35.3 Å². The summed E-state index contributed by atoms with van der Waals surface area (Å²) in [4.78, 5) is 16.4. The van der Waals surface area contributed by atoms with Crippen molar-refractivity contribution in [2.24, 2.45) is 16.8 Å². The summed E-state index contributed by atoms with van der Waals surface area (Å²) in [5.41, 5.74) is 1.27. The minimum Gasteiger partial charge on any atom is -0.355 e. The third-order valence-corrected chi connectivity index (χ3v) is 6.11. The van der Waals surface area contributed by atoms with Crippen LogP contribution in [0.5, 0.6) is 0 Å². The van der Waals surface area contributed by atoms with Gasteiger partial charge < -0.3 is 10.6 Å². The maximum Gasteiger partial charge on any atom is 0.223 e. The van der Waals surface area contributed by atoms with Crippen LogP contribution in [0.1, 0.15) is 44.6 Å². The molecule has 2 saturated carbocycles. The second kappa shape index (κ2) is 8.43. The van der Waals surface area contributed by atoms with E-state index in [0.29, 0.717) is 18.4 Å². The highest BCUT2D eigenvalue weighted by Crippen LogP contribution is 2.41. The fraction of sp³-hybridized carbons (Fsp3) is 0.571. The zero-order chi connectivity index (χ0) is 19.3. The molecule has 0 bridgehead atoms.